The lowest BCUT2D eigenvalue weighted by Gasteiger charge is -2.06. The number of hydrogen-bond donors (Lipinski definition) is 1. The molecule has 88 valence electrons. The Morgan fingerprint density at radius 2 is 2.35 bits per heavy atom. The molecule has 1 amide bonds. The van der Waals surface area contributed by atoms with Crippen molar-refractivity contribution in [2.75, 3.05) is 5.32 Å². The van der Waals surface area contributed by atoms with Gasteiger partial charge in [-0.1, -0.05) is 11.6 Å². The van der Waals surface area contributed by atoms with E-state index >= 15 is 0 Å². The Morgan fingerprint density at radius 3 is 3.00 bits per heavy atom. The highest BCUT2D eigenvalue weighted by atomic mass is 79.9. The molecule has 0 aromatic carbocycles. The van der Waals surface area contributed by atoms with Crippen LogP contribution in [0.1, 0.15) is 10.4 Å². The first-order chi connectivity index (χ1) is 8.08. The van der Waals surface area contributed by atoms with Crippen LogP contribution in [0.5, 0.6) is 0 Å². The molecule has 0 aliphatic heterocycles. The molecule has 0 radical (unpaired) electrons. The Bertz CT molecular complexity index is 569. The first kappa shape index (κ1) is 12.1. The molecule has 0 fully saturated rings. The van der Waals surface area contributed by atoms with Gasteiger partial charge in [-0.2, -0.15) is 5.10 Å². The van der Waals surface area contributed by atoms with E-state index in [2.05, 4.69) is 31.3 Å². The minimum absolute atomic E-state index is 0.160. The molecule has 0 aliphatic carbocycles. The standard InChI is InChI=1S/C10H8BrClN4O/c1-16-8(2-3-14-16)15-10(17)7-4-6(11)5-13-9(7)12/h2-5H,1H3,(H,15,17). The molecule has 2 aromatic heterocycles. The number of nitrogens with zero attached hydrogens (tertiary/aromatic N) is 3. The van der Waals surface area contributed by atoms with Crippen molar-refractivity contribution >= 4 is 39.3 Å². The summed E-state index contributed by atoms with van der Waals surface area (Å²) in [5.74, 6) is 0.262. The van der Waals surface area contributed by atoms with Crippen molar-refractivity contribution in [2.24, 2.45) is 7.05 Å². The van der Waals surface area contributed by atoms with E-state index in [1.54, 1.807) is 30.1 Å². The quantitative estimate of drug-likeness (QED) is 0.866. The third-order valence-corrected chi connectivity index (χ3v) is 2.85. The van der Waals surface area contributed by atoms with Crippen molar-refractivity contribution in [3.63, 3.8) is 0 Å². The van der Waals surface area contributed by atoms with E-state index in [0.29, 0.717) is 15.9 Å². The molecular formula is C10H8BrClN4O. The zero-order chi connectivity index (χ0) is 12.4. The van der Waals surface area contributed by atoms with E-state index in [0.717, 1.165) is 0 Å². The van der Waals surface area contributed by atoms with Gasteiger partial charge in [-0.05, 0) is 22.0 Å². The lowest BCUT2D eigenvalue weighted by molar-refractivity contribution is 0.102. The fraction of sp³-hybridized carbons (Fsp3) is 0.100. The van der Waals surface area contributed by atoms with Crippen LogP contribution in [0.3, 0.4) is 0 Å². The Labute approximate surface area is 111 Å². The number of carbonyl (C=O) groups excluding carboxylic acids is 1. The van der Waals surface area contributed by atoms with Gasteiger partial charge in [0.25, 0.3) is 5.91 Å². The second kappa shape index (κ2) is 4.85. The lowest BCUT2D eigenvalue weighted by Crippen LogP contribution is -2.15. The number of aromatic nitrogens is 3. The van der Waals surface area contributed by atoms with E-state index in [9.17, 15) is 4.79 Å². The average Bonchev–Trinajstić information content (AvgIpc) is 2.68. The molecule has 0 unspecified atom stereocenters. The van der Waals surface area contributed by atoms with Crippen LogP contribution in [0.15, 0.2) is 29.0 Å². The zero-order valence-electron chi connectivity index (χ0n) is 8.82. The summed E-state index contributed by atoms with van der Waals surface area (Å²) >= 11 is 9.09. The smallest absolute Gasteiger partial charge is 0.259 e. The van der Waals surface area contributed by atoms with Gasteiger partial charge in [0, 0.05) is 23.8 Å². The molecule has 0 saturated heterocycles. The maximum Gasteiger partial charge on any atom is 0.259 e. The molecule has 1 N–H and O–H groups in total. The maximum atomic E-state index is 11.9. The van der Waals surface area contributed by atoms with Crippen LogP contribution in [0.2, 0.25) is 5.15 Å². The Hall–Kier alpha value is -1.40. The van der Waals surface area contributed by atoms with Gasteiger partial charge in [0.1, 0.15) is 11.0 Å². The average molecular weight is 316 g/mol. The van der Waals surface area contributed by atoms with Crippen molar-refractivity contribution in [3.05, 3.63) is 39.7 Å². The lowest BCUT2D eigenvalue weighted by atomic mass is 10.2. The van der Waals surface area contributed by atoms with Gasteiger partial charge >= 0.3 is 0 Å². The van der Waals surface area contributed by atoms with Crippen LogP contribution in [-0.2, 0) is 7.05 Å². The molecule has 0 aliphatic rings. The number of rotatable bonds is 2. The molecule has 2 aromatic rings. The summed E-state index contributed by atoms with van der Waals surface area (Å²) in [5.41, 5.74) is 0.308. The molecular weight excluding hydrogens is 307 g/mol. The predicted molar refractivity (Wildman–Crippen MR) is 68.1 cm³/mol. The summed E-state index contributed by atoms with van der Waals surface area (Å²) in [6, 6.07) is 3.30. The van der Waals surface area contributed by atoms with Gasteiger partial charge < -0.3 is 5.32 Å². The monoisotopic (exact) mass is 314 g/mol. The van der Waals surface area contributed by atoms with Gasteiger partial charge in [-0.25, -0.2) is 4.98 Å². The van der Waals surface area contributed by atoms with E-state index in [1.807, 2.05) is 0 Å². The van der Waals surface area contributed by atoms with Crippen LogP contribution in [0.4, 0.5) is 5.82 Å². The molecule has 0 spiro atoms. The molecule has 0 atom stereocenters. The number of amides is 1. The first-order valence-electron chi connectivity index (χ1n) is 4.68. The normalized spacial score (nSPS) is 10.3. The fourth-order valence-corrected chi connectivity index (χ4v) is 1.78. The second-order valence-corrected chi connectivity index (χ2v) is 4.56. The van der Waals surface area contributed by atoms with Gasteiger partial charge in [-0.15, -0.1) is 0 Å². The van der Waals surface area contributed by atoms with Crippen molar-refractivity contribution in [1.82, 2.24) is 14.8 Å². The highest BCUT2D eigenvalue weighted by Crippen LogP contribution is 2.19. The maximum absolute atomic E-state index is 11.9. The van der Waals surface area contributed by atoms with Crippen molar-refractivity contribution in [1.29, 1.82) is 0 Å². The summed E-state index contributed by atoms with van der Waals surface area (Å²) in [6.45, 7) is 0. The first-order valence-corrected chi connectivity index (χ1v) is 5.85. The van der Waals surface area contributed by atoms with Crippen LogP contribution in [0.25, 0.3) is 0 Å². The Morgan fingerprint density at radius 1 is 1.59 bits per heavy atom. The number of carbonyl (C=O) groups is 1. The van der Waals surface area contributed by atoms with Crippen LogP contribution < -0.4 is 5.32 Å². The largest absolute Gasteiger partial charge is 0.307 e. The third kappa shape index (κ3) is 2.65. The van der Waals surface area contributed by atoms with E-state index < -0.39 is 0 Å². The minimum atomic E-state index is -0.326. The Kier molecular flexibility index (Phi) is 3.44. The molecule has 2 rings (SSSR count). The van der Waals surface area contributed by atoms with Crippen molar-refractivity contribution in [2.45, 2.75) is 0 Å². The summed E-state index contributed by atoms with van der Waals surface area (Å²) < 4.78 is 2.24. The topological polar surface area (TPSA) is 59.8 Å². The van der Waals surface area contributed by atoms with Crippen LogP contribution >= 0.6 is 27.5 Å². The summed E-state index contributed by atoms with van der Waals surface area (Å²) in [4.78, 5) is 15.8. The number of nitrogens with one attached hydrogen (secondary N) is 1. The predicted octanol–water partition coefficient (Wildman–Crippen LogP) is 2.48. The molecule has 17 heavy (non-hydrogen) atoms. The number of aryl methyl sites for hydroxylation is 1. The van der Waals surface area contributed by atoms with Crippen LogP contribution in [0, 0.1) is 0 Å². The number of hydrogen-bond acceptors (Lipinski definition) is 3. The number of halogens is 2. The third-order valence-electron chi connectivity index (χ3n) is 2.11. The Balaban J connectivity index is 2.26. The molecule has 2 heterocycles. The molecule has 5 nitrogen and oxygen atoms in total. The molecule has 0 bridgehead atoms. The van der Waals surface area contributed by atoms with Gasteiger partial charge in [0.2, 0.25) is 0 Å². The SMILES string of the molecule is Cn1nccc1NC(=O)c1cc(Br)cnc1Cl. The van der Waals surface area contributed by atoms with Gasteiger partial charge in [-0.3, -0.25) is 9.48 Å². The van der Waals surface area contributed by atoms with Crippen molar-refractivity contribution < 1.29 is 4.79 Å². The van der Waals surface area contributed by atoms with Crippen LogP contribution in [-0.4, -0.2) is 20.7 Å². The van der Waals surface area contributed by atoms with Gasteiger partial charge in [0.15, 0.2) is 0 Å². The summed E-state index contributed by atoms with van der Waals surface area (Å²) in [5, 5.41) is 6.80. The van der Waals surface area contributed by atoms with Gasteiger partial charge in [0.05, 0.1) is 11.8 Å². The molecule has 7 heteroatoms. The zero-order valence-corrected chi connectivity index (χ0v) is 11.2. The number of pyridine rings is 1. The number of anilines is 1. The second-order valence-electron chi connectivity index (χ2n) is 3.29. The summed E-state index contributed by atoms with van der Waals surface area (Å²) in [6.07, 6.45) is 3.12. The fourth-order valence-electron chi connectivity index (χ4n) is 1.26. The van der Waals surface area contributed by atoms with Crippen molar-refractivity contribution in [3.8, 4) is 0 Å². The molecule has 0 saturated carbocycles. The summed E-state index contributed by atoms with van der Waals surface area (Å²) in [7, 11) is 1.73. The minimum Gasteiger partial charge on any atom is -0.307 e. The highest BCUT2D eigenvalue weighted by Gasteiger charge is 2.13. The van der Waals surface area contributed by atoms with E-state index in [1.165, 1.54) is 6.20 Å². The highest BCUT2D eigenvalue weighted by molar-refractivity contribution is 9.10. The van der Waals surface area contributed by atoms with E-state index in [4.69, 9.17) is 11.6 Å². The van der Waals surface area contributed by atoms with E-state index in [-0.39, 0.29) is 11.1 Å².